The molecule has 0 aliphatic heterocycles. The van der Waals surface area contributed by atoms with Gasteiger partial charge in [0.25, 0.3) is 0 Å². The van der Waals surface area contributed by atoms with E-state index in [0.29, 0.717) is 0 Å². The largest absolute Gasteiger partial charge is 0.283 e. The maximum absolute atomic E-state index is 6.08. The molecule has 0 heterocycles. The summed E-state index contributed by atoms with van der Waals surface area (Å²) in [6, 6.07) is 4.52. The van der Waals surface area contributed by atoms with Crippen LogP contribution in [0, 0.1) is 0 Å². The number of hydrogen-bond acceptors (Lipinski definition) is 1. The van der Waals surface area contributed by atoms with Gasteiger partial charge >= 0.3 is 0 Å². The van der Waals surface area contributed by atoms with Crippen molar-refractivity contribution in [3.05, 3.63) is 49.2 Å². The minimum atomic E-state index is -1.44. The van der Waals surface area contributed by atoms with Crippen LogP contribution < -0.4 is 0 Å². The molecule has 0 aromatic rings. The first-order valence-corrected chi connectivity index (χ1v) is 27.0. The van der Waals surface area contributed by atoms with Crippen molar-refractivity contribution >= 4 is 28.9 Å². The smallest absolute Gasteiger partial charge is 0.0873 e. The van der Waals surface area contributed by atoms with Crippen molar-refractivity contribution in [1.29, 1.82) is 0 Å². The van der Waals surface area contributed by atoms with Gasteiger partial charge in [-0.3, -0.25) is 4.74 Å². The van der Waals surface area contributed by atoms with E-state index in [1.165, 1.54) is 62.4 Å². The number of allylic oxidation sites excluding steroid dienone is 5. The molecule has 0 atom stereocenters. The second-order valence-corrected chi connectivity index (χ2v) is 45.8. The zero-order valence-electron chi connectivity index (χ0n) is 23.8. The fourth-order valence-electron chi connectivity index (χ4n) is 5.88. The van der Waals surface area contributed by atoms with Gasteiger partial charge in [0.05, 0.1) is 23.2 Å². The molecule has 1 nitrogen and oxygen atoms in total. The summed E-state index contributed by atoms with van der Waals surface area (Å²) >= 11 is 0. The fourth-order valence-corrected chi connectivity index (χ4v) is 89.7. The van der Waals surface area contributed by atoms with Gasteiger partial charge in [0.15, 0.2) is 0 Å². The van der Waals surface area contributed by atoms with Crippen LogP contribution in [0.2, 0.25) is 57.4 Å². The van der Waals surface area contributed by atoms with Crippen LogP contribution in [-0.4, -0.2) is 23.2 Å². The maximum atomic E-state index is 6.08. The van der Waals surface area contributed by atoms with Crippen LogP contribution in [-0.2, 0) is 21.7 Å². The quantitative estimate of drug-likeness (QED) is 0.114. The van der Waals surface area contributed by atoms with E-state index in [0.717, 1.165) is 6.42 Å². The number of unbranched alkanes of at least 4 members (excludes halogenated alkanes) is 3. The van der Waals surface area contributed by atoms with Crippen LogP contribution in [0.5, 0.6) is 0 Å². The molecule has 0 saturated carbocycles. The molecule has 0 amide bonds. The molecule has 0 spiro atoms. The van der Waals surface area contributed by atoms with E-state index in [-0.39, 0.29) is 21.7 Å². The summed E-state index contributed by atoms with van der Waals surface area (Å²) in [6.45, 7) is 30.6. The monoisotopic (exact) mass is 557 g/mol. The zero-order valence-corrected chi connectivity index (χ0v) is 29.2. The topological polar surface area (TPSA) is 12.4 Å². The van der Waals surface area contributed by atoms with E-state index in [2.05, 4.69) is 91.4 Å². The second kappa shape index (κ2) is 17.1. The Kier molecular flexibility index (Phi) is 18.5. The van der Waals surface area contributed by atoms with Gasteiger partial charge in [-0.15, -0.1) is 0 Å². The van der Waals surface area contributed by atoms with E-state index in [1.807, 2.05) is 0 Å². The predicted molar refractivity (Wildman–Crippen MR) is 163 cm³/mol. The van der Waals surface area contributed by atoms with Crippen molar-refractivity contribution < 1.29 is 21.7 Å². The Balaban J connectivity index is 0. The summed E-state index contributed by atoms with van der Waals surface area (Å²) < 4.78 is 6.08. The van der Waals surface area contributed by atoms with Crippen molar-refractivity contribution in [3.8, 4) is 0 Å². The SMILES string of the molecule is C=CC=C.CCCC[Si](C)(C)P(=NC1=CC=CC1)([Si](C)(C)CCCC)[Si](C)(C)CCCC.[Ti]. The third kappa shape index (κ3) is 9.85. The van der Waals surface area contributed by atoms with Gasteiger partial charge < -0.3 is 0 Å². The first-order valence-electron chi connectivity index (χ1n) is 13.1. The Labute approximate surface area is 226 Å². The van der Waals surface area contributed by atoms with E-state index in [9.17, 15) is 0 Å². The van der Waals surface area contributed by atoms with Crippen LogP contribution in [0.3, 0.4) is 0 Å². The molecular weight excluding hydrogens is 501 g/mol. The standard InChI is InChI=1S/C23H50NPSi3.C4H6.Ti/c1-10-13-20-26(4,5)25(24-23-18-16-17-19-23,27(6,7)21-14-11-2)28(8,9)22-15-12-3;1-3-4-2;/h16-18H,10-15,19-22H2,1-9H3;3-4H,1-2H2;. The van der Waals surface area contributed by atoms with E-state index in [1.54, 1.807) is 12.2 Å². The molecule has 0 aromatic carbocycles. The van der Waals surface area contributed by atoms with Gasteiger partial charge in [0.2, 0.25) is 0 Å². The van der Waals surface area contributed by atoms with Gasteiger partial charge in [-0.05, 0) is 6.08 Å². The molecule has 190 valence electrons. The number of nitrogens with zero attached hydrogens (tertiary/aromatic N) is 1. The first kappa shape index (κ1) is 35.7. The minimum Gasteiger partial charge on any atom is -0.283 e. The summed E-state index contributed by atoms with van der Waals surface area (Å²) in [7, 11) is -4.33. The molecule has 0 fully saturated rings. The van der Waals surface area contributed by atoms with Crippen molar-refractivity contribution in [1.82, 2.24) is 0 Å². The van der Waals surface area contributed by atoms with Crippen molar-refractivity contribution in [2.24, 2.45) is 4.74 Å². The van der Waals surface area contributed by atoms with Crippen molar-refractivity contribution in [3.63, 3.8) is 0 Å². The molecule has 0 unspecified atom stereocenters. The number of rotatable bonds is 14. The van der Waals surface area contributed by atoms with Crippen LogP contribution in [0.25, 0.3) is 0 Å². The van der Waals surface area contributed by atoms with Gasteiger partial charge in [-0.25, -0.2) is 0 Å². The Morgan fingerprint density at radius 3 is 1.39 bits per heavy atom. The van der Waals surface area contributed by atoms with E-state index in [4.69, 9.17) is 4.74 Å². The van der Waals surface area contributed by atoms with Crippen LogP contribution >= 0.6 is 5.70 Å². The molecule has 6 heteroatoms. The van der Waals surface area contributed by atoms with Crippen LogP contribution in [0.15, 0.2) is 54.0 Å². The predicted octanol–water partition coefficient (Wildman–Crippen LogP) is 11.4. The van der Waals surface area contributed by atoms with E-state index < -0.39 is 28.9 Å². The molecule has 0 bridgehead atoms. The van der Waals surface area contributed by atoms with Gasteiger partial charge in [-0.2, -0.15) is 0 Å². The Hall–Kier alpha value is 0.555. The Bertz CT molecular complexity index is 630. The van der Waals surface area contributed by atoms with Gasteiger partial charge in [0, 0.05) is 33.8 Å². The maximum Gasteiger partial charge on any atom is 0.0873 e. The second-order valence-electron chi connectivity index (χ2n) is 11.2. The third-order valence-electron chi connectivity index (χ3n) is 7.25. The first-order chi connectivity index (χ1) is 14.9. The van der Waals surface area contributed by atoms with Crippen molar-refractivity contribution in [2.45, 2.75) is 123 Å². The summed E-state index contributed by atoms with van der Waals surface area (Å²) in [4.78, 5) is 0. The van der Waals surface area contributed by atoms with Gasteiger partial charge in [0.1, 0.15) is 0 Å². The van der Waals surface area contributed by atoms with Crippen molar-refractivity contribution in [2.75, 3.05) is 0 Å². The Morgan fingerprint density at radius 2 is 1.15 bits per heavy atom. The average Bonchev–Trinajstić information content (AvgIpc) is 3.26. The van der Waals surface area contributed by atoms with Crippen LogP contribution in [0.1, 0.15) is 65.7 Å². The molecule has 0 N–H and O–H groups in total. The minimum absolute atomic E-state index is 0. The van der Waals surface area contributed by atoms with Crippen LogP contribution in [0.4, 0.5) is 0 Å². The molecule has 33 heavy (non-hydrogen) atoms. The zero-order chi connectivity index (χ0) is 24.9. The molecule has 0 saturated heterocycles. The normalized spacial score (nSPS) is 14.0. The third-order valence-corrected chi connectivity index (χ3v) is 69.2. The fraction of sp³-hybridized carbons (Fsp3) is 0.704. The summed E-state index contributed by atoms with van der Waals surface area (Å²) in [5, 5.41) is 0. The summed E-state index contributed by atoms with van der Waals surface area (Å²) in [5.41, 5.74) is 0.134. The van der Waals surface area contributed by atoms with E-state index >= 15 is 0 Å². The summed E-state index contributed by atoms with van der Waals surface area (Å²) in [6.07, 6.45) is 19.6. The molecule has 0 aromatic heterocycles. The molecule has 1 aliphatic carbocycles. The van der Waals surface area contributed by atoms with Gasteiger partial charge in [-0.1, -0.05) is 160 Å². The summed E-state index contributed by atoms with van der Waals surface area (Å²) in [5.74, 6) is 0. The molecule has 0 radical (unpaired) electrons. The number of hydrogen-bond donors (Lipinski definition) is 0. The molecular formula is C27H56NPSi3Ti. The molecule has 1 aliphatic rings. The molecule has 1 rings (SSSR count). The Morgan fingerprint density at radius 1 is 0.788 bits per heavy atom. The average molecular weight is 558 g/mol.